The zero-order valence-electron chi connectivity index (χ0n) is 30.0. The number of nitrogens with zero attached hydrogens (tertiary/aromatic N) is 4. The number of carbonyl (C=O) groups excluding carboxylic acids is 4. The molecule has 1 spiro atoms. The lowest BCUT2D eigenvalue weighted by Crippen LogP contribution is -2.49. The second-order valence-electron chi connectivity index (χ2n) is 15.5. The number of pyridine rings is 1. The number of benzene rings is 2. The molecule has 2 N–H and O–H groups in total. The van der Waals surface area contributed by atoms with Crippen LogP contribution in [0.2, 0.25) is 0 Å². The van der Waals surface area contributed by atoms with Gasteiger partial charge in [-0.2, -0.15) is 0 Å². The number of hydrogen-bond acceptors (Lipinski definition) is 7. The van der Waals surface area contributed by atoms with Crippen LogP contribution < -0.4 is 10.6 Å². The molecule has 1 fully saturated rings. The Kier molecular flexibility index (Phi) is 9.47. The van der Waals surface area contributed by atoms with Gasteiger partial charge >= 0.3 is 6.09 Å². The second-order valence-corrected chi connectivity index (χ2v) is 15.5. The summed E-state index contributed by atoms with van der Waals surface area (Å²) in [6, 6.07) is 17.3. The number of aromatic nitrogens is 1. The summed E-state index contributed by atoms with van der Waals surface area (Å²) in [4.78, 5) is 63.8. The number of anilines is 2. The van der Waals surface area contributed by atoms with Gasteiger partial charge in [0.15, 0.2) is 0 Å². The smallest absolute Gasteiger partial charge is 0.410 e. The van der Waals surface area contributed by atoms with Gasteiger partial charge in [-0.25, -0.2) is 9.78 Å². The lowest BCUT2D eigenvalue weighted by atomic mass is 9.79. The fourth-order valence-electron chi connectivity index (χ4n) is 7.36. The van der Waals surface area contributed by atoms with Crippen LogP contribution in [0.3, 0.4) is 0 Å². The van der Waals surface area contributed by atoms with E-state index in [1.165, 1.54) is 4.90 Å². The van der Waals surface area contributed by atoms with Crippen molar-refractivity contribution in [3.63, 3.8) is 0 Å². The van der Waals surface area contributed by atoms with Crippen LogP contribution in [0.25, 0.3) is 0 Å². The number of amides is 4. The van der Waals surface area contributed by atoms with Crippen molar-refractivity contribution in [2.45, 2.75) is 77.5 Å². The van der Waals surface area contributed by atoms with E-state index in [2.05, 4.69) is 27.6 Å². The number of piperidine rings is 1. The molecule has 11 heteroatoms. The third-order valence-electron chi connectivity index (χ3n) is 10.3. The van der Waals surface area contributed by atoms with E-state index in [-0.39, 0.29) is 37.4 Å². The quantitative estimate of drug-likeness (QED) is 0.338. The predicted octanol–water partition coefficient (Wildman–Crippen LogP) is 5.14. The van der Waals surface area contributed by atoms with Crippen LogP contribution in [0.4, 0.5) is 16.3 Å². The van der Waals surface area contributed by atoms with Gasteiger partial charge in [-0.1, -0.05) is 43.3 Å². The van der Waals surface area contributed by atoms with Gasteiger partial charge in [0.05, 0.1) is 5.41 Å². The van der Waals surface area contributed by atoms with Gasteiger partial charge < -0.3 is 30.1 Å². The van der Waals surface area contributed by atoms with E-state index < -0.39 is 22.5 Å². The summed E-state index contributed by atoms with van der Waals surface area (Å²) in [5.74, 6) is 0.188. The van der Waals surface area contributed by atoms with E-state index in [1.807, 2.05) is 82.3 Å². The van der Waals surface area contributed by atoms with Crippen molar-refractivity contribution in [1.82, 2.24) is 19.7 Å². The Morgan fingerprint density at radius 1 is 0.980 bits per heavy atom. The minimum atomic E-state index is -0.702. The lowest BCUT2D eigenvalue weighted by Gasteiger charge is -2.40. The highest BCUT2D eigenvalue weighted by atomic mass is 16.6. The van der Waals surface area contributed by atoms with Crippen molar-refractivity contribution in [3.05, 3.63) is 88.6 Å². The molecule has 6 rings (SSSR count). The molecule has 1 aromatic heterocycles. The summed E-state index contributed by atoms with van der Waals surface area (Å²) in [6.07, 6.45) is 3.72. The van der Waals surface area contributed by atoms with Crippen LogP contribution in [0, 0.1) is 5.41 Å². The van der Waals surface area contributed by atoms with Crippen LogP contribution in [0.1, 0.15) is 68.4 Å². The Morgan fingerprint density at radius 3 is 2.36 bits per heavy atom. The van der Waals surface area contributed by atoms with Gasteiger partial charge in [0, 0.05) is 43.0 Å². The van der Waals surface area contributed by atoms with Crippen LogP contribution in [-0.4, -0.2) is 82.8 Å². The predicted molar refractivity (Wildman–Crippen MR) is 191 cm³/mol. The Morgan fingerprint density at radius 2 is 1.66 bits per heavy atom. The maximum Gasteiger partial charge on any atom is 0.410 e. The molecular weight excluding hydrogens is 632 g/mol. The highest BCUT2D eigenvalue weighted by molar-refractivity contribution is 6.06. The van der Waals surface area contributed by atoms with Crippen molar-refractivity contribution in [2.24, 2.45) is 5.41 Å². The molecule has 1 saturated heterocycles. The molecule has 264 valence electrons. The van der Waals surface area contributed by atoms with E-state index >= 15 is 0 Å². The van der Waals surface area contributed by atoms with Gasteiger partial charge in [0.1, 0.15) is 18.0 Å². The maximum absolute atomic E-state index is 14.3. The van der Waals surface area contributed by atoms with Crippen LogP contribution in [0.5, 0.6) is 0 Å². The molecule has 1 aliphatic carbocycles. The number of ether oxygens (including phenoxy) is 1. The van der Waals surface area contributed by atoms with Gasteiger partial charge in [-0.3, -0.25) is 14.4 Å². The summed E-state index contributed by atoms with van der Waals surface area (Å²) < 4.78 is 5.56. The highest BCUT2D eigenvalue weighted by Crippen LogP contribution is 2.47. The summed E-state index contributed by atoms with van der Waals surface area (Å²) >= 11 is 0. The molecule has 11 nitrogen and oxygen atoms in total. The molecule has 1 atom stereocenters. The molecule has 0 saturated carbocycles. The van der Waals surface area contributed by atoms with E-state index in [0.29, 0.717) is 37.2 Å². The zero-order valence-corrected chi connectivity index (χ0v) is 30.0. The number of hydrogen-bond donors (Lipinski definition) is 2. The van der Waals surface area contributed by atoms with Crippen molar-refractivity contribution in [2.75, 3.05) is 44.4 Å². The minimum absolute atomic E-state index is 0.0536. The summed E-state index contributed by atoms with van der Waals surface area (Å²) in [7, 11) is 3.74. The van der Waals surface area contributed by atoms with Crippen molar-refractivity contribution < 1.29 is 23.9 Å². The fraction of sp³-hybridized carbons (Fsp3) is 0.462. The summed E-state index contributed by atoms with van der Waals surface area (Å²) in [5, 5.41) is 5.97. The second kappa shape index (κ2) is 13.5. The normalized spacial score (nSPS) is 19.4. The molecule has 0 bridgehead atoms. The molecule has 2 aromatic carbocycles. The number of carbonyl (C=O) groups is 4. The van der Waals surface area contributed by atoms with Gasteiger partial charge in [-0.15, -0.1) is 0 Å². The Bertz CT molecular complexity index is 1810. The first-order valence-corrected chi connectivity index (χ1v) is 17.3. The first-order valence-electron chi connectivity index (χ1n) is 17.3. The average molecular weight is 681 g/mol. The minimum Gasteiger partial charge on any atom is -0.444 e. The molecule has 3 heterocycles. The summed E-state index contributed by atoms with van der Waals surface area (Å²) in [6.45, 7) is 9.45. The Labute approximate surface area is 294 Å². The summed E-state index contributed by atoms with van der Waals surface area (Å²) in [5.41, 5.74) is 3.38. The first kappa shape index (κ1) is 35.1. The lowest BCUT2D eigenvalue weighted by molar-refractivity contribution is -0.146. The SMILES string of the molecule is CN1CCC(C)(C(=O)N(CC(=O)Nc2ccc3c(c2)C[C@@]2(C3)C(=O)Nc3ncccc32)Cc2ccccc2CN(C)C(=O)OC(C)(C)C)CC1. The number of fused-ring (bicyclic) bond motifs is 3. The zero-order chi connectivity index (χ0) is 35.8. The monoisotopic (exact) mass is 680 g/mol. The van der Waals surface area contributed by atoms with Crippen LogP contribution >= 0.6 is 0 Å². The van der Waals surface area contributed by atoms with E-state index in [9.17, 15) is 19.2 Å². The first-order chi connectivity index (χ1) is 23.7. The van der Waals surface area contributed by atoms with Crippen LogP contribution in [0.15, 0.2) is 60.8 Å². The van der Waals surface area contributed by atoms with Gasteiger partial charge in [0.2, 0.25) is 17.7 Å². The average Bonchev–Trinajstić information content (AvgIpc) is 3.58. The van der Waals surface area contributed by atoms with E-state index in [4.69, 9.17) is 4.74 Å². The molecule has 0 radical (unpaired) electrons. The van der Waals surface area contributed by atoms with Gasteiger partial charge in [-0.05, 0) is 107 Å². The standard InChI is InChI=1S/C39H48N6O5/c1-37(2,3)50-36(49)44(6)23-27-10-7-8-11-28(27)24-45(35(48)38(4)15-18-43(5)19-16-38)25-32(46)41-30-14-13-26-21-39(22-29(26)20-30)31-12-9-17-40-33(31)42-34(39)47/h7-14,17,20H,15-16,18-19,21-25H2,1-6H3,(H,41,46)(H,40,42,47)/t39-/m1/s1. The third-order valence-corrected chi connectivity index (χ3v) is 10.3. The Balaban J connectivity index is 1.20. The molecule has 0 unspecified atom stereocenters. The highest BCUT2D eigenvalue weighted by Gasteiger charge is 2.51. The van der Waals surface area contributed by atoms with Gasteiger partial charge in [0.25, 0.3) is 0 Å². The maximum atomic E-state index is 14.3. The number of nitrogens with one attached hydrogen (secondary N) is 2. The molecule has 50 heavy (non-hydrogen) atoms. The third kappa shape index (κ3) is 7.23. The molecule has 3 aliphatic rings. The topological polar surface area (TPSA) is 124 Å². The Hall–Kier alpha value is -4.77. The van der Waals surface area contributed by atoms with Crippen LogP contribution in [-0.2, 0) is 50.5 Å². The fourth-order valence-corrected chi connectivity index (χ4v) is 7.36. The van der Waals surface area contributed by atoms with E-state index in [0.717, 1.165) is 40.9 Å². The number of rotatable bonds is 8. The van der Waals surface area contributed by atoms with E-state index in [1.54, 1.807) is 18.1 Å². The molecule has 2 aliphatic heterocycles. The molecule has 4 amide bonds. The largest absolute Gasteiger partial charge is 0.444 e. The molecule has 3 aromatic rings. The van der Waals surface area contributed by atoms with Crippen molar-refractivity contribution >= 4 is 35.3 Å². The van der Waals surface area contributed by atoms with Crippen molar-refractivity contribution in [1.29, 1.82) is 0 Å². The molecular formula is C39H48N6O5. The van der Waals surface area contributed by atoms with Crippen molar-refractivity contribution in [3.8, 4) is 0 Å². The number of likely N-dealkylation sites (tertiary alicyclic amines) is 1.